The summed E-state index contributed by atoms with van der Waals surface area (Å²) in [5.41, 5.74) is 0. The molecule has 1 fully saturated rings. The summed E-state index contributed by atoms with van der Waals surface area (Å²) in [6.45, 7) is 1.95. The van der Waals surface area contributed by atoms with E-state index < -0.39 is 24.0 Å². The smallest absolute Gasteiger partial charge is 0.326 e. The number of carboxylic acid groups (broad SMARTS) is 1. The van der Waals surface area contributed by atoms with Crippen LogP contribution in [0.3, 0.4) is 0 Å². The minimum Gasteiger partial charge on any atom is -0.480 e. The van der Waals surface area contributed by atoms with Crippen LogP contribution in [0.4, 0.5) is 4.79 Å². The number of amides is 2. The fourth-order valence-electron chi connectivity index (χ4n) is 1.95. The maximum Gasteiger partial charge on any atom is 0.326 e. The summed E-state index contributed by atoms with van der Waals surface area (Å²) >= 11 is 0. The van der Waals surface area contributed by atoms with E-state index in [1.807, 2.05) is 6.92 Å². The monoisotopic (exact) mass is 286 g/mol. The quantitative estimate of drug-likeness (QED) is 0.676. The number of esters is 1. The number of hydrogen-bond donors (Lipinski definition) is 2. The Morgan fingerprint density at radius 2 is 2.00 bits per heavy atom. The highest BCUT2D eigenvalue weighted by atomic mass is 16.5. The zero-order valence-electron chi connectivity index (χ0n) is 12.1. The Morgan fingerprint density at radius 1 is 1.40 bits per heavy atom. The fourth-order valence-corrected chi connectivity index (χ4v) is 1.95. The lowest BCUT2D eigenvalue weighted by Gasteiger charge is -2.26. The molecule has 2 N–H and O–H groups in total. The average Bonchev–Trinajstić information content (AvgIpc) is 3.24. The molecular weight excluding hydrogens is 264 g/mol. The van der Waals surface area contributed by atoms with Gasteiger partial charge < -0.3 is 20.1 Å². The first kappa shape index (κ1) is 16.3. The number of aliphatic carboxylic acids is 1. The molecule has 0 aromatic carbocycles. The highest BCUT2D eigenvalue weighted by Gasteiger charge is 2.33. The van der Waals surface area contributed by atoms with Crippen molar-refractivity contribution in [2.24, 2.45) is 5.92 Å². The molecule has 0 aromatic rings. The molecule has 7 heteroatoms. The van der Waals surface area contributed by atoms with Crippen LogP contribution in [0.2, 0.25) is 0 Å². The molecule has 2 atom stereocenters. The average molecular weight is 286 g/mol. The number of carboxylic acids is 1. The molecular formula is C13H22N2O5. The van der Waals surface area contributed by atoms with Crippen molar-refractivity contribution in [3.05, 3.63) is 0 Å². The second-order valence-corrected chi connectivity index (χ2v) is 5.14. The van der Waals surface area contributed by atoms with Crippen LogP contribution in [-0.2, 0) is 14.3 Å². The van der Waals surface area contributed by atoms with Gasteiger partial charge in [-0.1, -0.05) is 0 Å². The molecule has 1 rings (SSSR count). The first-order valence-electron chi connectivity index (χ1n) is 6.69. The van der Waals surface area contributed by atoms with Gasteiger partial charge in [0.05, 0.1) is 7.11 Å². The van der Waals surface area contributed by atoms with E-state index in [2.05, 4.69) is 10.1 Å². The van der Waals surface area contributed by atoms with Gasteiger partial charge in [0, 0.05) is 19.5 Å². The first-order chi connectivity index (χ1) is 9.36. The minimum atomic E-state index is -1.16. The van der Waals surface area contributed by atoms with Crippen molar-refractivity contribution in [3.63, 3.8) is 0 Å². The number of nitrogens with zero attached hydrogens (tertiary/aromatic N) is 1. The number of hydrogen-bond acceptors (Lipinski definition) is 4. The third-order valence-electron chi connectivity index (χ3n) is 3.70. The van der Waals surface area contributed by atoms with Gasteiger partial charge in [0.2, 0.25) is 0 Å². The van der Waals surface area contributed by atoms with E-state index >= 15 is 0 Å². The van der Waals surface area contributed by atoms with E-state index in [0.717, 1.165) is 12.8 Å². The summed E-state index contributed by atoms with van der Waals surface area (Å²) in [4.78, 5) is 35.6. The third kappa shape index (κ3) is 4.71. The third-order valence-corrected chi connectivity index (χ3v) is 3.70. The molecule has 0 aliphatic heterocycles. The number of rotatable bonds is 7. The number of methoxy groups -OCH3 is 1. The van der Waals surface area contributed by atoms with E-state index in [9.17, 15) is 14.4 Å². The van der Waals surface area contributed by atoms with Crippen LogP contribution in [0.5, 0.6) is 0 Å². The maximum absolute atomic E-state index is 12.0. The number of carbonyl (C=O) groups is 3. The van der Waals surface area contributed by atoms with Crippen LogP contribution in [0.1, 0.15) is 32.6 Å². The van der Waals surface area contributed by atoms with Crippen LogP contribution in [0.25, 0.3) is 0 Å². The van der Waals surface area contributed by atoms with Crippen molar-refractivity contribution in [3.8, 4) is 0 Å². The summed E-state index contributed by atoms with van der Waals surface area (Å²) in [6, 6.07) is -1.43. The summed E-state index contributed by atoms with van der Waals surface area (Å²) in [6.07, 6.45) is 2.17. The minimum absolute atomic E-state index is 0.0133. The Bertz CT molecular complexity index is 381. The van der Waals surface area contributed by atoms with Crippen molar-refractivity contribution in [1.82, 2.24) is 10.2 Å². The predicted octanol–water partition coefficient (Wildman–Crippen LogP) is 0.833. The molecule has 0 radical (unpaired) electrons. The van der Waals surface area contributed by atoms with Gasteiger partial charge in [-0.3, -0.25) is 4.79 Å². The molecule has 0 saturated heterocycles. The molecule has 1 saturated carbocycles. The van der Waals surface area contributed by atoms with Crippen LogP contribution in [0, 0.1) is 5.92 Å². The molecule has 114 valence electrons. The number of carbonyl (C=O) groups excluding carboxylic acids is 2. The number of ether oxygens (including phenoxy) is 1. The van der Waals surface area contributed by atoms with Crippen LogP contribution in [0.15, 0.2) is 0 Å². The van der Waals surface area contributed by atoms with Gasteiger partial charge in [0.15, 0.2) is 0 Å². The van der Waals surface area contributed by atoms with E-state index in [1.165, 1.54) is 12.0 Å². The van der Waals surface area contributed by atoms with Gasteiger partial charge in [0.1, 0.15) is 6.04 Å². The lowest BCUT2D eigenvalue weighted by Crippen LogP contribution is -2.49. The standard InChI is InChI=1S/C13H22N2O5/c1-8(9-4-5-9)15(2)13(19)14-10(12(17)18)6-7-11(16)20-3/h8-10H,4-7H2,1-3H3,(H,14,19)(H,17,18)/t8?,10-/m0/s1. The van der Waals surface area contributed by atoms with Crippen LogP contribution < -0.4 is 5.32 Å². The topological polar surface area (TPSA) is 95.9 Å². The fraction of sp³-hybridized carbons (Fsp3) is 0.769. The molecule has 1 aliphatic carbocycles. The van der Waals surface area contributed by atoms with Gasteiger partial charge in [-0.2, -0.15) is 0 Å². The number of nitrogens with one attached hydrogen (secondary N) is 1. The Hall–Kier alpha value is -1.79. The van der Waals surface area contributed by atoms with Gasteiger partial charge in [-0.15, -0.1) is 0 Å². The largest absolute Gasteiger partial charge is 0.480 e. The highest BCUT2D eigenvalue weighted by molar-refractivity contribution is 5.83. The zero-order valence-corrected chi connectivity index (χ0v) is 12.1. The van der Waals surface area contributed by atoms with E-state index in [-0.39, 0.29) is 18.9 Å². The Labute approximate surface area is 118 Å². The lowest BCUT2D eigenvalue weighted by molar-refractivity contribution is -0.142. The van der Waals surface area contributed by atoms with Crippen molar-refractivity contribution in [2.75, 3.05) is 14.2 Å². The van der Waals surface area contributed by atoms with Crippen LogP contribution in [-0.4, -0.2) is 54.2 Å². The summed E-state index contributed by atoms with van der Waals surface area (Å²) in [5, 5.41) is 11.5. The normalized spacial score (nSPS) is 16.9. The zero-order chi connectivity index (χ0) is 15.3. The van der Waals surface area contributed by atoms with Crippen LogP contribution >= 0.6 is 0 Å². The molecule has 0 bridgehead atoms. The first-order valence-corrected chi connectivity index (χ1v) is 6.69. The van der Waals surface area contributed by atoms with Gasteiger partial charge in [-0.05, 0) is 32.1 Å². The second-order valence-electron chi connectivity index (χ2n) is 5.14. The van der Waals surface area contributed by atoms with Crippen molar-refractivity contribution >= 4 is 18.0 Å². The Kier molecular flexibility index (Phi) is 5.79. The molecule has 7 nitrogen and oxygen atoms in total. The van der Waals surface area contributed by atoms with E-state index in [0.29, 0.717) is 5.92 Å². The molecule has 0 heterocycles. The second kappa shape index (κ2) is 7.12. The molecule has 1 unspecified atom stereocenters. The summed E-state index contributed by atoms with van der Waals surface area (Å²) < 4.78 is 4.46. The number of urea groups is 1. The summed E-state index contributed by atoms with van der Waals surface area (Å²) in [7, 11) is 2.89. The highest BCUT2D eigenvalue weighted by Crippen LogP contribution is 2.34. The van der Waals surface area contributed by atoms with Gasteiger partial charge in [0.25, 0.3) is 0 Å². The molecule has 20 heavy (non-hydrogen) atoms. The summed E-state index contributed by atoms with van der Waals surface area (Å²) in [5.74, 6) is -1.15. The Morgan fingerprint density at radius 3 is 2.45 bits per heavy atom. The Balaban J connectivity index is 2.49. The van der Waals surface area contributed by atoms with Crippen molar-refractivity contribution in [1.29, 1.82) is 0 Å². The molecule has 2 amide bonds. The molecule has 1 aliphatic rings. The molecule has 0 spiro atoms. The molecule has 0 aromatic heterocycles. The van der Waals surface area contributed by atoms with Gasteiger partial charge in [-0.25, -0.2) is 9.59 Å². The van der Waals surface area contributed by atoms with E-state index in [1.54, 1.807) is 7.05 Å². The van der Waals surface area contributed by atoms with Gasteiger partial charge >= 0.3 is 18.0 Å². The lowest BCUT2D eigenvalue weighted by atomic mass is 10.1. The van der Waals surface area contributed by atoms with Crippen molar-refractivity contribution in [2.45, 2.75) is 44.7 Å². The maximum atomic E-state index is 12.0. The van der Waals surface area contributed by atoms with E-state index in [4.69, 9.17) is 5.11 Å². The predicted molar refractivity (Wildman–Crippen MR) is 71.2 cm³/mol. The SMILES string of the molecule is COC(=O)CC[C@H](NC(=O)N(C)C(C)C1CC1)C(=O)O. The van der Waals surface area contributed by atoms with Crippen molar-refractivity contribution < 1.29 is 24.2 Å².